The molecule has 1 heterocycles. The second-order valence-corrected chi connectivity index (χ2v) is 3.43. The Labute approximate surface area is 94.5 Å². The lowest BCUT2D eigenvalue weighted by atomic mass is 10.1. The van der Waals surface area contributed by atoms with Crippen molar-refractivity contribution in [2.75, 3.05) is 5.73 Å². The second kappa shape index (κ2) is 3.85. The van der Waals surface area contributed by atoms with Crippen LogP contribution < -0.4 is 11.5 Å². The number of halogens is 3. The van der Waals surface area contributed by atoms with Gasteiger partial charge in [-0.3, -0.25) is 0 Å². The number of fused-ring (bicyclic) bond motifs is 1. The quantitative estimate of drug-likeness (QED) is 0.797. The molecule has 0 saturated carbocycles. The van der Waals surface area contributed by atoms with Crippen LogP contribution in [-0.4, -0.2) is 9.97 Å². The van der Waals surface area contributed by atoms with E-state index in [-0.39, 0.29) is 29.1 Å². The summed E-state index contributed by atoms with van der Waals surface area (Å²) >= 11 is 0. The lowest BCUT2D eigenvalue weighted by Crippen LogP contribution is -2.11. The molecule has 1 aromatic carbocycles. The van der Waals surface area contributed by atoms with Gasteiger partial charge in [-0.2, -0.15) is 13.2 Å². The van der Waals surface area contributed by atoms with Crippen LogP contribution in [0.5, 0.6) is 0 Å². The predicted molar refractivity (Wildman–Crippen MR) is 56.8 cm³/mol. The minimum Gasteiger partial charge on any atom is -0.383 e. The Morgan fingerprint density at radius 1 is 1.18 bits per heavy atom. The number of hydrogen-bond donors (Lipinski definition) is 2. The maximum atomic E-state index is 12.8. The lowest BCUT2D eigenvalue weighted by Gasteiger charge is -2.11. The summed E-state index contributed by atoms with van der Waals surface area (Å²) in [6.45, 7) is -0.0632. The molecule has 2 aromatic rings. The van der Waals surface area contributed by atoms with Crippen molar-refractivity contribution in [2.45, 2.75) is 12.7 Å². The van der Waals surface area contributed by atoms with Gasteiger partial charge in [0.05, 0.1) is 17.6 Å². The smallest absolute Gasteiger partial charge is 0.383 e. The van der Waals surface area contributed by atoms with Crippen molar-refractivity contribution >= 4 is 16.7 Å². The van der Waals surface area contributed by atoms with E-state index in [0.29, 0.717) is 0 Å². The molecule has 90 valence electrons. The van der Waals surface area contributed by atoms with E-state index in [1.54, 1.807) is 0 Å². The highest BCUT2D eigenvalue weighted by Crippen LogP contribution is 2.34. The SMILES string of the molecule is NCc1nc(N)c2cccc(C(F)(F)F)c2n1. The van der Waals surface area contributed by atoms with Crippen LogP contribution in [0.4, 0.5) is 19.0 Å². The number of nitrogens with zero attached hydrogens (tertiary/aromatic N) is 2. The van der Waals surface area contributed by atoms with Crippen molar-refractivity contribution in [3.63, 3.8) is 0 Å². The van der Waals surface area contributed by atoms with Gasteiger partial charge >= 0.3 is 6.18 Å². The molecule has 2 rings (SSSR count). The zero-order chi connectivity index (χ0) is 12.6. The van der Waals surface area contributed by atoms with Gasteiger partial charge in [-0.1, -0.05) is 6.07 Å². The van der Waals surface area contributed by atoms with Gasteiger partial charge in [-0.05, 0) is 12.1 Å². The number of hydrogen-bond acceptors (Lipinski definition) is 4. The molecule has 0 amide bonds. The fourth-order valence-electron chi connectivity index (χ4n) is 1.54. The van der Waals surface area contributed by atoms with E-state index < -0.39 is 11.7 Å². The molecular weight excluding hydrogens is 233 g/mol. The standard InChI is InChI=1S/C10H9F3N4/c11-10(12,13)6-3-1-2-5-8(6)16-7(4-14)17-9(5)15/h1-3H,4,14H2,(H2,15,16,17). The summed E-state index contributed by atoms with van der Waals surface area (Å²) in [4.78, 5) is 7.60. The molecule has 0 saturated heterocycles. The zero-order valence-corrected chi connectivity index (χ0v) is 8.62. The first-order valence-electron chi connectivity index (χ1n) is 4.76. The molecule has 4 nitrogen and oxygen atoms in total. The largest absolute Gasteiger partial charge is 0.418 e. The molecular formula is C10H9F3N4. The number of anilines is 1. The van der Waals surface area contributed by atoms with Crippen LogP contribution in [0, 0.1) is 0 Å². The molecule has 0 spiro atoms. The third kappa shape index (κ3) is 2.01. The molecule has 0 aliphatic carbocycles. The summed E-state index contributed by atoms with van der Waals surface area (Å²) < 4.78 is 38.3. The summed E-state index contributed by atoms with van der Waals surface area (Å²) in [6.07, 6.45) is -4.48. The Balaban J connectivity index is 2.83. The van der Waals surface area contributed by atoms with Crippen LogP contribution in [-0.2, 0) is 12.7 Å². The molecule has 1 aromatic heterocycles. The van der Waals surface area contributed by atoms with Gasteiger partial charge in [-0.15, -0.1) is 0 Å². The average Bonchev–Trinajstić information content (AvgIpc) is 2.26. The average molecular weight is 242 g/mol. The number of benzene rings is 1. The highest BCUT2D eigenvalue weighted by atomic mass is 19.4. The van der Waals surface area contributed by atoms with E-state index in [0.717, 1.165) is 6.07 Å². The Morgan fingerprint density at radius 2 is 1.88 bits per heavy atom. The maximum absolute atomic E-state index is 12.8. The van der Waals surface area contributed by atoms with Crippen LogP contribution in [0.15, 0.2) is 18.2 Å². The second-order valence-electron chi connectivity index (χ2n) is 3.43. The van der Waals surface area contributed by atoms with Crippen LogP contribution in [0.2, 0.25) is 0 Å². The molecule has 0 fully saturated rings. The summed E-state index contributed by atoms with van der Waals surface area (Å²) in [7, 11) is 0. The van der Waals surface area contributed by atoms with Crippen molar-refractivity contribution < 1.29 is 13.2 Å². The maximum Gasteiger partial charge on any atom is 0.418 e. The monoisotopic (exact) mass is 242 g/mol. The van der Waals surface area contributed by atoms with Crippen molar-refractivity contribution in [3.8, 4) is 0 Å². The number of rotatable bonds is 1. The topological polar surface area (TPSA) is 77.8 Å². The molecule has 0 aliphatic rings. The molecule has 17 heavy (non-hydrogen) atoms. The number of nitrogens with two attached hydrogens (primary N) is 2. The number of nitrogen functional groups attached to an aromatic ring is 1. The Kier molecular flexibility index (Phi) is 2.62. The van der Waals surface area contributed by atoms with Gasteiger partial charge in [0.1, 0.15) is 11.6 Å². The van der Waals surface area contributed by atoms with E-state index in [1.165, 1.54) is 12.1 Å². The molecule has 4 N–H and O–H groups in total. The molecule has 0 radical (unpaired) electrons. The first kappa shape index (κ1) is 11.6. The predicted octanol–water partition coefficient (Wildman–Crippen LogP) is 1.69. The summed E-state index contributed by atoms with van der Waals surface area (Å²) in [5.41, 5.74) is 9.83. The van der Waals surface area contributed by atoms with Gasteiger partial charge < -0.3 is 11.5 Å². The molecule has 0 unspecified atom stereocenters. The van der Waals surface area contributed by atoms with Crippen LogP contribution in [0.3, 0.4) is 0 Å². The Hall–Kier alpha value is -1.89. The first-order valence-corrected chi connectivity index (χ1v) is 4.76. The van der Waals surface area contributed by atoms with Gasteiger partial charge in [-0.25, -0.2) is 9.97 Å². The van der Waals surface area contributed by atoms with Crippen LogP contribution >= 0.6 is 0 Å². The van der Waals surface area contributed by atoms with Gasteiger partial charge in [0.25, 0.3) is 0 Å². The molecule has 0 bridgehead atoms. The third-order valence-electron chi connectivity index (χ3n) is 2.29. The Morgan fingerprint density at radius 3 is 2.47 bits per heavy atom. The van der Waals surface area contributed by atoms with Crippen molar-refractivity contribution in [2.24, 2.45) is 5.73 Å². The van der Waals surface area contributed by atoms with E-state index in [1.807, 2.05) is 0 Å². The van der Waals surface area contributed by atoms with Gasteiger partial charge in [0, 0.05) is 5.39 Å². The van der Waals surface area contributed by atoms with Gasteiger partial charge in [0.15, 0.2) is 0 Å². The fraction of sp³-hybridized carbons (Fsp3) is 0.200. The van der Waals surface area contributed by atoms with Gasteiger partial charge in [0.2, 0.25) is 0 Å². The summed E-state index contributed by atoms with van der Waals surface area (Å²) in [5.74, 6) is 0.0910. The van der Waals surface area contributed by atoms with E-state index >= 15 is 0 Å². The number of aromatic nitrogens is 2. The van der Waals surface area contributed by atoms with Crippen LogP contribution in [0.1, 0.15) is 11.4 Å². The number of para-hydroxylation sites is 1. The first-order chi connectivity index (χ1) is 7.93. The normalized spacial score (nSPS) is 12.0. The summed E-state index contributed by atoms with van der Waals surface area (Å²) in [5, 5.41) is 0.178. The minimum atomic E-state index is -4.48. The highest BCUT2D eigenvalue weighted by molar-refractivity contribution is 5.90. The van der Waals surface area contributed by atoms with E-state index in [4.69, 9.17) is 11.5 Å². The van der Waals surface area contributed by atoms with Crippen molar-refractivity contribution in [3.05, 3.63) is 29.6 Å². The fourth-order valence-corrected chi connectivity index (χ4v) is 1.54. The minimum absolute atomic E-state index is 0.00144. The molecule has 0 aliphatic heterocycles. The summed E-state index contributed by atoms with van der Waals surface area (Å²) in [6, 6.07) is 3.67. The number of alkyl halides is 3. The van der Waals surface area contributed by atoms with Crippen LogP contribution in [0.25, 0.3) is 10.9 Å². The lowest BCUT2D eigenvalue weighted by molar-refractivity contribution is -0.136. The highest BCUT2D eigenvalue weighted by Gasteiger charge is 2.33. The van der Waals surface area contributed by atoms with Crippen molar-refractivity contribution in [1.29, 1.82) is 0 Å². The van der Waals surface area contributed by atoms with Crippen molar-refractivity contribution in [1.82, 2.24) is 9.97 Å². The Bertz CT molecular complexity index is 565. The third-order valence-corrected chi connectivity index (χ3v) is 2.29. The molecule has 0 atom stereocenters. The zero-order valence-electron chi connectivity index (χ0n) is 8.62. The van der Waals surface area contributed by atoms with E-state index in [9.17, 15) is 13.2 Å². The molecule has 7 heteroatoms. The van der Waals surface area contributed by atoms with E-state index in [2.05, 4.69) is 9.97 Å².